The van der Waals surface area contributed by atoms with Crippen LogP contribution in [-0.4, -0.2) is 0 Å². The number of hydrogen-bond donors (Lipinski definition) is 0. The molecular formula is C18H13Br2OP. The fourth-order valence-electron chi connectivity index (χ4n) is 2.05. The van der Waals surface area contributed by atoms with Gasteiger partial charge in [-0.25, -0.2) is 0 Å². The average Bonchev–Trinajstić information content (AvgIpc) is 2.53. The summed E-state index contributed by atoms with van der Waals surface area (Å²) in [6.07, 6.45) is 0. The molecule has 0 atom stereocenters. The van der Waals surface area contributed by atoms with E-state index < -0.39 is 8.15 Å². The third-order valence-electron chi connectivity index (χ3n) is 3.03. The third kappa shape index (κ3) is 3.98. The molecule has 4 heteroatoms. The van der Waals surface area contributed by atoms with Gasteiger partial charge >= 0.3 is 0 Å². The monoisotopic (exact) mass is 434 g/mol. The van der Waals surface area contributed by atoms with Crippen LogP contribution in [0.25, 0.3) is 0 Å². The van der Waals surface area contributed by atoms with Crippen molar-refractivity contribution in [2.75, 3.05) is 0 Å². The van der Waals surface area contributed by atoms with Crippen LogP contribution < -0.4 is 15.1 Å². The van der Waals surface area contributed by atoms with E-state index in [1.54, 1.807) is 0 Å². The number of halogens is 2. The number of benzene rings is 3. The van der Waals surface area contributed by atoms with Crippen molar-refractivity contribution in [3.05, 3.63) is 87.8 Å². The quantitative estimate of drug-likeness (QED) is 0.482. The highest BCUT2D eigenvalue weighted by Crippen LogP contribution is 2.37. The Morgan fingerprint density at radius 3 is 1.68 bits per heavy atom. The van der Waals surface area contributed by atoms with Crippen LogP contribution in [0.15, 0.2) is 87.8 Å². The Kier molecular flexibility index (Phi) is 5.30. The molecule has 3 rings (SSSR count). The van der Waals surface area contributed by atoms with E-state index in [0.717, 1.165) is 14.7 Å². The molecule has 0 aliphatic carbocycles. The highest BCUT2D eigenvalue weighted by atomic mass is 79.9. The van der Waals surface area contributed by atoms with Gasteiger partial charge in [0.1, 0.15) is 5.75 Å². The van der Waals surface area contributed by atoms with Gasteiger partial charge in [0.05, 0.1) is 0 Å². The molecule has 22 heavy (non-hydrogen) atoms. The molecule has 0 aliphatic heterocycles. The van der Waals surface area contributed by atoms with E-state index in [0.29, 0.717) is 0 Å². The van der Waals surface area contributed by atoms with Gasteiger partial charge in [0.15, 0.2) is 8.15 Å². The van der Waals surface area contributed by atoms with Crippen LogP contribution in [0.2, 0.25) is 0 Å². The van der Waals surface area contributed by atoms with Gasteiger partial charge in [0.25, 0.3) is 0 Å². The van der Waals surface area contributed by atoms with Crippen LogP contribution in [0.3, 0.4) is 0 Å². The van der Waals surface area contributed by atoms with Crippen LogP contribution in [0, 0.1) is 0 Å². The Balaban J connectivity index is 2.02. The summed E-state index contributed by atoms with van der Waals surface area (Å²) in [4.78, 5) is 0. The van der Waals surface area contributed by atoms with Crippen LogP contribution in [0.1, 0.15) is 0 Å². The van der Waals surface area contributed by atoms with Crippen LogP contribution in [-0.2, 0) is 0 Å². The molecule has 0 N–H and O–H groups in total. The van der Waals surface area contributed by atoms with Gasteiger partial charge in [0.2, 0.25) is 0 Å². The van der Waals surface area contributed by atoms with Crippen molar-refractivity contribution in [1.82, 2.24) is 0 Å². The summed E-state index contributed by atoms with van der Waals surface area (Å²) in [6, 6.07) is 26.6. The molecule has 0 heterocycles. The summed E-state index contributed by atoms with van der Waals surface area (Å²) in [5, 5.41) is 2.35. The fraction of sp³-hybridized carbons (Fsp3) is 0. The van der Waals surface area contributed by atoms with Crippen LogP contribution in [0.5, 0.6) is 5.75 Å². The Labute approximate surface area is 148 Å². The van der Waals surface area contributed by atoms with Crippen LogP contribution in [0.4, 0.5) is 0 Å². The maximum Gasteiger partial charge on any atom is 0.150 e. The molecule has 0 saturated carbocycles. The Bertz CT molecular complexity index is 716. The van der Waals surface area contributed by atoms with E-state index in [1.807, 2.05) is 54.6 Å². The minimum atomic E-state index is -0.920. The lowest BCUT2D eigenvalue weighted by molar-refractivity contribution is 0.630. The van der Waals surface area contributed by atoms with E-state index in [9.17, 15) is 0 Å². The summed E-state index contributed by atoms with van der Waals surface area (Å²) in [7, 11) is -0.920. The predicted molar refractivity (Wildman–Crippen MR) is 102 cm³/mol. The van der Waals surface area contributed by atoms with E-state index >= 15 is 0 Å². The summed E-state index contributed by atoms with van der Waals surface area (Å²) in [5.74, 6) is 0.883. The second-order valence-corrected chi connectivity index (χ2v) is 8.29. The lowest BCUT2D eigenvalue weighted by atomic mass is 10.3. The predicted octanol–water partition coefficient (Wildman–Crippen LogP) is 5.64. The maximum atomic E-state index is 6.32. The van der Waals surface area contributed by atoms with E-state index in [4.69, 9.17) is 4.52 Å². The first kappa shape index (κ1) is 15.7. The van der Waals surface area contributed by atoms with Gasteiger partial charge in [-0.2, -0.15) is 0 Å². The zero-order valence-electron chi connectivity index (χ0n) is 11.6. The standard InChI is InChI=1S/C18H13Br2OP/c19-14-6-4-10-17(12-14)22(18-11-5-7-15(20)13-18)21-16-8-2-1-3-9-16/h1-13H. The van der Waals surface area contributed by atoms with Crippen molar-refractivity contribution in [2.45, 2.75) is 0 Å². The molecule has 3 aromatic rings. The lowest BCUT2D eigenvalue weighted by Gasteiger charge is -2.19. The molecular weight excluding hydrogens is 423 g/mol. The van der Waals surface area contributed by atoms with Crippen LogP contribution >= 0.6 is 40.0 Å². The van der Waals surface area contributed by atoms with Gasteiger partial charge in [-0.15, -0.1) is 0 Å². The smallest absolute Gasteiger partial charge is 0.150 e. The zero-order valence-corrected chi connectivity index (χ0v) is 15.7. The summed E-state index contributed by atoms with van der Waals surface area (Å²) in [6.45, 7) is 0. The first-order valence-electron chi connectivity index (χ1n) is 6.77. The summed E-state index contributed by atoms with van der Waals surface area (Å²) >= 11 is 7.10. The molecule has 0 amide bonds. The first-order valence-corrected chi connectivity index (χ1v) is 9.61. The number of para-hydroxylation sites is 1. The molecule has 0 unspecified atom stereocenters. The minimum absolute atomic E-state index is 0.883. The third-order valence-corrected chi connectivity index (χ3v) is 5.90. The van der Waals surface area contributed by atoms with Crippen molar-refractivity contribution in [1.29, 1.82) is 0 Å². The van der Waals surface area contributed by atoms with Gasteiger partial charge in [-0.3, -0.25) is 0 Å². The van der Waals surface area contributed by atoms with E-state index in [2.05, 4.69) is 56.1 Å². The van der Waals surface area contributed by atoms with Crippen molar-refractivity contribution in [3.63, 3.8) is 0 Å². The molecule has 0 aliphatic rings. The molecule has 0 bridgehead atoms. The average molecular weight is 436 g/mol. The highest BCUT2D eigenvalue weighted by Gasteiger charge is 2.17. The Morgan fingerprint density at radius 2 is 1.18 bits per heavy atom. The Hall–Kier alpha value is -1.15. The second kappa shape index (κ2) is 7.41. The maximum absolute atomic E-state index is 6.32. The molecule has 110 valence electrons. The Morgan fingerprint density at radius 1 is 0.636 bits per heavy atom. The molecule has 3 aromatic carbocycles. The second-order valence-electron chi connectivity index (χ2n) is 4.66. The fourth-order valence-corrected chi connectivity index (χ4v) is 5.00. The normalized spacial score (nSPS) is 10.7. The molecule has 0 aromatic heterocycles. The molecule has 0 radical (unpaired) electrons. The van der Waals surface area contributed by atoms with Gasteiger partial charge in [-0.1, -0.05) is 74.3 Å². The number of hydrogen-bond acceptors (Lipinski definition) is 1. The van der Waals surface area contributed by atoms with Gasteiger partial charge < -0.3 is 4.52 Å². The van der Waals surface area contributed by atoms with Crippen molar-refractivity contribution in [3.8, 4) is 5.75 Å². The summed E-state index contributed by atoms with van der Waals surface area (Å²) < 4.78 is 8.44. The van der Waals surface area contributed by atoms with E-state index in [1.165, 1.54) is 10.6 Å². The lowest BCUT2D eigenvalue weighted by Crippen LogP contribution is -2.15. The first-order chi connectivity index (χ1) is 10.7. The van der Waals surface area contributed by atoms with Crippen molar-refractivity contribution >= 4 is 50.6 Å². The van der Waals surface area contributed by atoms with Gasteiger partial charge in [-0.05, 0) is 36.4 Å². The number of rotatable bonds is 4. The molecule has 0 fully saturated rings. The highest BCUT2D eigenvalue weighted by molar-refractivity contribution is 9.10. The topological polar surface area (TPSA) is 9.23 Å². The zero-order chi connectivity index (χ0) is 15.4. The molecule has 0 saturated heterocycles. The molecule has 0 spiro atoms. The van der Waals surface area contributed by atoms with Gasteiger partial charge in [0, 0.05) is 19.6 Å². The SMILES string of the molecule is Brc1cccc(P(Oc2ccccc2)c2cccc(Br)c2)c1. The van der Waals surface area contributed by atoms with Crippen molar-refractivity contribution in [2.24, 2.45) is 0 Å². The summed E-state index contributed by atoms with van der Waals surface area (Å²) in [5.41, 5.74) is 0. The largest absolute Gasteiger partial charge is 0.464 e. The minimum Gasteiger partial charge on any atom is -0.464 e. The van der Waals surface area contributed by atoms with Crippen molar-refractivity contribution < 1.29 is 4.52 Å². The molecule has 1 nitrogen and oxygen atoms in total. The van der Waals surface area contributed by atoms with E-state index in [-0.39, 0.29) is 0 Å².